The van der Waals surface area contributed by atoms with Gasteiger partial charge in [0.1, 0.15) is 5.82 Å². The zero-order valence-electron chi connectivity index (χ0n) is 11.1. The molecular weight excluding hydrogens is 224 g/mol. The first-order valence-corrected chi connectivity index (χ1v) is 6.23. The molecule has 0 saturated heterocycles. The van der Waals surface area contributed by atoms with Crippen molar-refractivity contribution in [1.82, 2.24) is 9.97 Å². The van der Waals surface area contributed by atoms with Gasteiger partial charge in [-0.3, -0.25) is 4.79 Å². The minimum absolute atomic E-state index is 0.0683. The van der Waals surface area contributed by atoms with Gasteiger partial charge in [-0.05, 0) is 25.8 Å². The Hall–Kier alpha value is -1.90. The molecule has 1 N–H and O–H groups in total. The largest absolute Gasteiger partial charge is 0.310 e. The van der Waals surface area contributed by atoms with Crippen LogP contribution in [-0.4, -0.2) is 9.97 Å². The van der Waals surface area contributed by atoms with E-state index in [0.29, 0.717) is 6.42 Å². The molecular formula is C15H18N2O. The minimum Gasteiger partial charge on any atom is -0.310 e. The van der Waals surface area contributed by atoms with Gasteiger partial charge in [-0.25, -0.2) is 4.98 Å². The SMILES string of the molecule is CCc1cc(=O)[nH]c(Cc2cc(C)cc(C)c2)n1. The average molecular weight is 242 g/mol. The Morgan fingerprint density at radius 1 is 1.11 bits per heavy atom. The molecule has 94 valence electrons. The summed E-state index contributed by atoms with van der Waals surface area (Å²) in [5.41, 5.74) is 4.43. The molecule has 0 saturated carbocycles. The van der Waals surface area contributed by atoms with E-state index in [-0.39, 0.29) is 5.56 Å². The van der Waals surface area contributed by atoms with Crippen LogP contribution in [0.15, 0.2) is 29.1 Å². The number of nitrogens with one attached hydrogen (secondary N) is 1. The summed E-state index contributed by atoms with van der Waals surface area (Å²) >= 11 is 0. The van der Waals surface area contributed by atoms with Gasteiger partial charge in [0.2, 0.25) is 0 Å². The van der Waals surface area contributed by atoms with Crippen molar-refractivity contribution >= 4 is 0 Å². The molecule has 1 aromatic carbocycles. The number of rotatable bonds is 3. The summed E-state index contributed by atoms with van der Waals surface area (Å²) in [4.78, 5) is 18.8. The van der Waals surface area contributed by atoms with Crippen molar-refractivity contribution in [3.8, 4) is 0 Å². The Balaban J connectivity index is 2.33. The Morgan fingerprint density at radius 3 is 2.39 bits per heavy atom. The van der Waals surface area contributed by atoms with Gasteiger partial charge in [0, 0.05) is 18.2 Å². The average Bonchev–Trinajstić information content (AvgIpc) is 2.26. The fourth-order valence-electron chi connectivity index (χ4n) is 2.19. The second-order valence-electron chi connectivity index (χ2n) is 4.71. The Labute approximate surface area is 107 Å². The molecule has 0 radical (unpaired) electrons. The summed E-state index contributed by atoms with van der Waals surface area (Å²) in [6.07, 6.45) is 1.45. The third kappa shape index (κ3) is 3.06. The smallest absolute Gasteiger partial charge is 0.251 e. The highest BCUT2D eigenvalue weighted by Crippen LogP contribution is 2.11. The van der Waals surface area contributed by atoms with Gasteiger partial charge in [0.25, 0.3) is 5.56 Å². The van der Waals surface area contributed by atoms with E-state index in [0.717, 1.165) is 17.9 Å². The fourth-order valence-corrected chi connectivity index (χ4v) is 2.19. The van der Waals surface area contributed by atoms with Gasteiger partial charge in [0.05, 0.1) is 0 Å². The number of aryl methyl sites for hydroxylation is 3. The van der Waals surface area contributed by atoms with Crippen LogP contribution in [0.3, 0.4) is 0 Å². The first-order valence-electron chi connectivity index (χ1n) is 6.23. The van der Waals surface area contributed by atoms with E-state index in [9.17, 15) is 4.79 Å². The lowest BCUT2D eigenvalue weighted by Crippen LogP contribution is -2.12. The lowest BCUT2D eigenvalue weighted by molar-refractivity contribution is 0.887. The van der Waals surface area contributed by atoms with Crippen LogP contribution in [0.4, 0.5) is 0 Å². The van der Waals surface area contributed by atoms with Crippen LogP contribution >= 0.6 is 0 Å². The maximum absolute atomic E-state index is 11.5. The van der Waals surface area contributed by atoms with Crippen molar-refractivity contribution in [2.24, 2.45) is 0 Å². The summed E-state index contributed by atoms with van der Waals surface area (Å²) in [5.74, 6) is 0.740. The molecule has 0 spiro atoms. The van der Waals surface area contributed by atoms with E-state index in [1.165, 1.54) is 16.7 Å². The number of aromatic nitrogens is 2. The molecule has 18 heavy (non-hydrogen) atoms. The predicted octanol–water partition coefficient (Wildman–Crippen LogP) is 2.54. The quantitative estimate of drug-likeness (QED) is 0.899. The number of hydrogen-bond acceptors (Lipinski definition) is 2. The number of nitrogens with zero attached hydrogens (tertiary/aromatic N) is 1. The molecule has 0 aliphatic rings. The molecule has 2 rings (SSSR count). The zero-order chi connectivity index (χ0) is 13.1. The molecule has 1 heterocycles. The molecule has 0 fully saturated rings. The Bertz CT molecular complexity index is 594. The molecule has 0 aliphatic carbocycles. The van der Waals surface area contributed by atoms with E-state index in [4.69, 9.17) is 0 Å². The van der Waals surface area contributed by atoms with Crippen LogP contribution in [0.2, 0.25) is 0 Å². The topological polar surface area (TPSA) is 45.8 Å². The third-order valence-corrected chi connectivity index (χ3v) is 2.86. The molecule has 0 atom stereocenters. The van der Waals surface area contributed by atoms with E-state index in [1.54, 1.807) is 6.07 Å². The van der Waals surface area contributed by atoms with Crippen LogP contribution in [0.1, 0.15) is 35.1 Å². The summed E-state index contributed by atoms with van der Waals surface area (Å²) in [6.45, 7) is 6.16. The number of aromatic amines is 1. The highest BCUT2D eigenvalue weighted by atomic mass is 16.1. The van der Waals surface area contributed by atoms with E-state index >= 15 is 0 Å². The van der Waals surface area contributed by atoms with Gasteiger partial charge in [0.15, 0.2) is 0 Å². The van der Waals surface area contributed by atoms with Gasteiger partial charge >= 0.3 is 0 Å². The summed E-state index contributed by atoms with van der Waals surface area (Å²) in [6, 6.07) is 7.96. The van der Waals surface area contributed by atoms with E-state index in [1.807, 2.05) is 6.92 Å². The molecule has 3 heteroatoms. The highest BCUT2D eigenvalue weighted by molar-refractivity contribution is 5.30. The molecule has 0 amide bonds. The van der Waals surface area contributed by atoms with Crippen LogP contribution in [0.25, 0.3) is 0 Å². The molecule has 1 aromatic heterocycles. The number of hydrogen-bond donors (Lipinski definition) is 1. The second kappa shape index (κ2) is 5.17. The van der Waals surface area contributed by atoms with Gasteiger partial charge in [-0.1, -0.05) is 36.2 Å². The normalized spacial score (nSPS) is 10.6. The Kier molecular flexibility index (Phi) is 3.60. The monoisotopic (exact) mass is 242 g/mol. The minimum atomic E-state index is -0.0683. The lowest BCUT2D eigenvalue weighted by atomic mass is 10.0. The number of benzene rings is 1. The lowest BCUT2D eigenvalue weighted by Gasteiger charge is -2.05. The first kappa shape index (κ1) is 12.6. The highest BCUT2D eigenvalue weighted by Gasteiger charge is 2.03. The first-order chi connectivity index (χ1) is 8.56. The predicted molar refractivity (Wildman–Crippen MR) is 73.0 cm³/mol. The van der Waals surface area contributed by atoms with E-state index < -0.39 is 0 Å². The van der Waals surface area contributed by atoms with Crippen LogP contribution in [0, 0.1) is 13.8 Å². The molecule has 0 unspecified atom stereocenters. The van der Waals surface area contributed by atoms with Crippen LogP contribution in [-0.2, 0) is 12.8 Å². The summed E-state index contributed by atoms with van der Waals surface area (Å²) in [5, 5.41) is 0. The fraction of sp³-hybridized carbons (Fsp3) is 0.333. The second-order valence-corrected chi connectivity index (χ2v) is 4.71. The molecule has 0 aliphatic heterocycles. The Morgan fingerprint density at radius 2 is 1.78 bits per heavy atom. The van der Waals surface area contributed by atoms with Crippen LogP contribution in [0.5, 0.6) is 0 Å². The van der Waals surface area contributed by atoms with Crippen molar-refractivity contribution in [3.63, 3.8) is 0 Å². The van der Waals surface area contributed by atoms with Crippen molar-refractivity contribution < 1.29 is 0 Å². The van der Waals surface area contributed by atoms with Crippen LogP contribution < -0.4 is 5.56 Å². The zero-order valence-corrected chi connectivity index (χ0v) is 11.1. The molecule has 0 bridgehead atoms. The van der Waals surface area contributed by atoms with Crippen molar-refractivity contribution in [1.29, 1.82) is 0 Å². The van der Waals surface area contributed by atoms with Crippen molar-refractivity contribution in [3.05, 3.63) is 62.8 Å². The standard InChI is InChI=1S/C15H18N2O/c1-4-13-9-15(18)17-14(16-13)8-12-6-10(2)5-11(3)7-12/h5-7,9H,4,8H2,1-3H3,(H,16,17,18). The van der Waals surface area contributed by atoms with Crippen molar-refractivity contribution in [2.75, 3.05) is 0 Å². The third-order valence-electron chi connectivity index (χ3n) is 2.86. The summed E-state index contributed by atoms with van der Waals surface area (Å²) < 4.78 is 0. The number of H-pyrrole nitrogens is 1. The van der Waals surface area contributed by atoms with Gasteiger partial charge in [-0.15, -0.1) is 0 Å². The maximum Gasteiger partial charge on any atom is 0.251 e. The van der Waals surface area contributed by atoms with Gasteiger partial charge in [-0.2, -0.15) is 0 Å². The molecule has 2 aromatic rings. The van der Waals surface area contributed by atoms with Gasteiger partial charge < -0.3 is 4.98 Å². The van der Waals surface area contributed by atoms with E-state index in [2.05, 4.69) is 42.0 Å². The molecule has 3 nitrogen and oxygen atoms in total. The van der Waals surface area contributed by atoms with Crippen molar-refractivity contribution in [2.45, 2.75) is 33.6 Å². The summed E-state index contributed by atoms with van der Waals surface area (Å²) in [7, 11) is 0. The maximum atomic E-state index is 11.5.